The van der Waals surface area contributed by atoms with Crippen LogP contribution in [0.4, 0.5) is 0 Å². The summed E-state index contributed by atoms with van der Waals surface area (Å²) in [6, 6.07) is 16.0. The first kappa shape index (κ1) is 21.4. The van der Waals surface area contributed by atoms with Gasteiger partial charge in [0.15, 0.2) is 0 Å². The maximum Gasteiger partial charge on any atom is 0.239 e. The van der Waals surface area contributed by atoms with Crippen LogP contribution in [0, 0.1) is 5.41 Å². The van der Waals surface area contributed by atoms with Crippen molar-refractivity contribution in [1.29, 1.82) is 0 Å². The van der Waals surface area contributed by atoms with Gasteiger partial charge in [-0.1, -0.05) is 51.1 Å². The van der Waals surface area contributed by atoms with Gasteiger partial charge < -0.3 is 20.4 Å². The first-order chi connectivity index (χ1) is 14.3. The summed E-state index contributed by atoms with van der Waals surface area (Å²) in [6.45, 7) is 5.82. The summed E-state index contributed by atoms with van der Waals surface area (Å²) in [5, 5.41) is 6.78. The summed E-state index contributed by atoms with van der Waals surface area (Å²) in [4.78, 5) is 27.7. The third-order valence-corrected chi connectivity index (χ3v) is 5.11. The van der Waals surface area contributed by atoms with Crippen molar-refractivity contribution < 1.29 is 14.3 Å². The Balaban J connectivity index is 1.78. The topological polar surface area (TPSA) is 83.2 Å². The van der Waals surface area contributed by atoms with Gasteiger partial charge >= 0.3 is 0 Å². The van der Waals surface area contributed by atoms with Crippen LogP contribution in [0.1, 0.15) is 37.8 Å². The number of H-pyrrole nitrogens is 1. The number of aromatic amines is 1. The van der Waals surface area contributed by atoms with Gasteiger partial charge in [0.25, 0.3) is 0 Å². The van der Waals surface area contributed by atoms with Gasteiger partial charge in [0.2, 0.25) is 11.8 Å². The van der Waals surface area contributed by atoms with Crippen molar-refractivity contribution in [2.75, 3.05) is 20.2 Å². The molecule has 158 valence electrons. The molecule has 1 heterocycles. The van der Waals surface area contributed by atoms with Crippen molar-refractivity contribution in [3.05, 3.63) is 65.9 Å². The number of aromatic nitrogens is 1. The van der Waals surface area contributed by atoms with Crippen LogP contribution in [0.5, 0.6) is 5.75 Å². The van der Waals surface area contributed by atoms with Crippen LogP contribution in [0.15, 0.2) is 54.7 Å². The molecular formula is C24H29N3O3. The molecule has 0 aliphatic carbocycles. The van der Waals surface area contributed by atoms with Crippen molar-refractivity contribution in [3.8, 4) is 5.75 Å². The number of para-hydroxylation sites is 1. The number of carbonyl (C=O) groups is 2. The van der Waals surface area contributed by atoms with Gasteiger partial charge in [-0.05, 0) is 29.3 Å². The normalized spacial score (nSPS) is 12.4. The molecule has 1 aromatic heterocycles. The maximum atomic E-state index is 12.4. The Hall–Kier alpha value is -3.28. The molecule has 2 aromatic carbocycles. The summed E-state index contributed by atoms with van der Waals surface area (Å²) in [7, 11) is 1.64. The highest BCUT2D eigenvalue weighted by Crippen LogP contribution is 2.31. The number of hydrogen-bond acceptors (Lipinski definition) is 3. The van der Waals surface area contributed by atoms with Gasteiger partial charge in [-0.3, -0.25) is 9.59 Å². The van der Waals surface area contributed by atoms with E-state index in [1.807, 2.05) is 69.4 Å². The predicted octanol–water partition coefficient (Wildman–Crippen LogP) is 3.59. The highest BCUT2D eigenvalue weighted by atomic mass is 16.5. The van der Waals surface area contributed by atoms with Gasteiger partial charge in [-0.25, -0.2) is 0 Å². The summed E-state index contributed by atoms with van der Waals surface area (Å²) >= 11 is 0. The van der Waals surface area contributed by atoms with E-state index in [0.29, 0.717) is 6.54 Å². The Morgan fingerprint density at radius 2 is 1.73 bits per heavy atom. The van der Waals surface area contributed by atoms with Gasteiger partial charge in [0, 0.05) is 35.0 Å². The standard InChI is InChI=1S/C24H29N3O3/c1-24(2,3)23(29)27-15-22(28)26-13-19(16-9-11-17(30-4)12-10-16)20-14-25-21-8-6-5-7-18(20)21/h5-12,14,19,25H,13,15H2,1-4H3,(H,26,28)(H,27,29). The summed E-state index contributed by atoms with van der Waals surface area (Å²) in [6.07, 6.45) is 1.99. The van der Waals surface area contributed by atoms with E-state index >= 15 is 0 Å². The molecule has 0 fully saturated rings. The lowest BCUT2D eigenvalue weighted by Crippen LogP contribution is -2.42. The highest BCUT2D eigenvalue weighted by Gasteiger charge is 2.22. The quantitative estimate of drug-likeness (QED) is 0.560. The minimum Gasteiger partial charge on any atom is -0.497 e. The SMILES string of the molecule is COc1ccc(C(CNC(=O)CNC(=O)C(C)(C)C)c2c[nH]c3ccccc23)cc1. The van der Waals surface area contributed by atoms with Crippen LogP contribution in [-0.4, -0.2) is 37.0 Å². The molecule has 30 heavy (non-hydrogen) atoms. The first-order valence-electron chi connectivity index (χ1n) is 10.0. The number of carbonyl (C=O) groups excluding carboxylic acids is 2. The maximum absolute atomic E-state index is 12.4. The van der Waals surface area contributed by atoms with Gasteiger partial charge in [-0.2, -0.15) is 0 Å². The fraction of sp³-hybridized carbons (Fsp3) is 0.333. The van der Waals surface area contributed by atoms with Crippen molar-refractivity contribution in [2.45, 2.75) is 26.7 Å². The third kappa shape index (κ3) is 5.00. The largest absolute Gasteiger partial charge is 0.497 e. The zero-order valence-electron chi connectivity index (χ0n) is 17.9. The van der Waals surface area contributed by atoms with E-state index < -0.39 is 5.41 Å². The van der Waals surface area contributed by atoms with Crippen LogP contribution < -0.4 is 15.4 Å². The second-order valence-corrected chi connectivity index (χ2v) is 8.35. The third-order valence-electron chi connectivity index (χ3n) is 5.11. The van der Waals surface area contributed by atoms with E-state index in [9.17, 15) is 9.59 Å². The molecular weight excluding hydrogens is 378 g/mol. The number of benzene rings is 2. The van der Waals surface area contributed by atoms with E-state index in [4.69, 9.17) is 4.74 Å². The van der Waals surface area contributed by atoms with Crippen LogP contribution >= 0.6 is 0 Å². The Morgan fingerprint density at radius 3 is 2.40 bits per heavy atom. The minimum absolute atomic E-state index is 0.0423. The van der Waals surface area contributed by atoms with E-state index in [0.717, 1.165) is 27.8 Å². The molecule has 1 unspecified atom stereocenters. The Morgan fingerprint density at radius 1 is 1.03 bits per heavy atom. The van der Waals surface area contributed by atoms with Gasteiger partial charge in [0.05, 0.1) is 13.7 Å². The number of nitrogens with one attached hydrogen (secondary N) is 3. The predicted molar refractivity (Wildman–Crippen MR) is 119 cm³/mol. The minimum atomic E-state index is -0.532. The molecule has 0 radical (unpaired) electrons. The lowest BCUT2D eigenvalue weighted by Gasteiger charge is -2.20. The molecule has 0 bridgehead atoms. The number of amides is 2. The molecule has 3 rings (SSSR count). The van der Waals surface area contributed by atoms with Crippen molar-refractivity contribution in [1.82, 2.24) is 15.6 Å². The molecule has 0 saturated heterocycles. The number of rotatable bonds is 7. The van der Waals surface area contributed by atoms with E-state index in [-0.39, 0.29) is 24.3 Å². The van der Waals surface area contributed by atoms with Crippen molar-refractivity contribution in [2.24, 2.45) is 5.41 Å². The Labute approximate surface area is 177 Å². The Bertz CT molecular complexity index is 1020. The molecule has 1 atom stereocenters. The summed E-state index contributed by atoms with van der Waals surface area (Å²) in [5.74, 6) is 0.367. The lowest BCUT2D eigenvalue weighted by atomic mass is 9.90. The van der Waals surface area contributed by atoms with Crippen molar-refractivity contribution in [3.63, 3.8) is 0 Å². The number of hydrogen-bond donors (Lipinski definition) is 3. The highest BCUT2D eigenvalue weighted by molar-refractivity contribution is 5.87. The summed E-state index contributed by atoms with van der Waals surface area (Å²) in [5.41, 5.74) is 2.69. The van der Waals surface area contributed by atoms with Gasteiger partial charge in [0.1, 0.15) is 5.75 Å². The lowest BCUT2D eigenvalue weighted by molar-refractivity contribution is -0.131. The molecule has 0 aliphatic rings. The molecule has 3 aromatic rings. The molecule has 0 aliphatic heterocycles. The van der Waals surface area contributed by atoms with E-state index in [2.05, 4.69) is 21.7 Å². The van der Waals surface area contributed by atoms with Crippen LogP contribution in [-0.2, 0) is 9.59 Å². The smallest absolute Gasteiger partial charge is 0.239 e. The Kier molecular flexibility index (Phi) is 6.45. The van der Waals surface area contributed by atoms with Crippen LogP contribution in [0.2, 0.25) is 0 Å². The number of fused-ring (bicyclic) bond motifs is 1. The monoisotopic (exact) mass is 407 g/mol. The zero-order valence-corrected chi connectivity index (χ0v) is 17.9. The molecule has 6 nitrogen and oxygen atoms in total. The first-order valence-corrected chi connectivity index (χ1v) is 10.0. The average molecular weight is 408 g/mol. The second-order valence-electron chi connectivity index (χ2n) is 8.35. The van der Waals surface area contributed by atoms with E-state index in [1.54, 1.807) is 7.11 Å². The molecule has 6 heteroatoms. The molecule has 0 spiro atoms. The average Bonchev–Trinajstić information content (AvgIpc) is 3.16. The molecule has 0 saturated carbocycles. The number of ether oxygens (including phenoxy) is 1. The van der Waals surface area contributed by atoms with Gasteiger partial charge in [-0.15, -0.1) is 0 Å². The molecule has 3 N–H and O–H groups in total. The fourth-order valence-electron chi connectivity index (χ4n) is 3.33. The fourth-order valence-corrected chi connectivity index (χ4v) is 3.33. The van der Waals surface area contributed by atoms with Crippen LogP contribution in [0.3, 0.4) is 0 Å². The summed E-state index contributed by atoms with van der Waals surface area (Å²) < 4.78 is 5.27. The molecule has 2 amide bonds. The zero-order chi connectivity index (χ0) is 21.7. The van der Waals surface area contributed by atoms with E-state index in [1.165, 1.54) is 0 Å². The van der Waals surface area contributed by atoms with Crippen molar-refractivity contribution >= 4 is 22.7 Å². The number of methoxy groups -OCH3 is 1. The second kappa shape index (κ2) is 9.03. The van der Waals surface area contributed by atoms with Crippen LogP contribution in [0.25, 0.3) is 10.9 Å².